The minimum atomic E-state index is -0.553. The van der Waals surface area contributed by atoms with Gasteiger partial charge in [-0.05, 0) is 6.07 Å². The lowest BCUT2D eigenvalue weighted by atomic mass is 10.2. The fraction of sp³-hybridized carbons (Fsp3) is 0. The molecule has 90 valence electrons. The van der Waals surface area contributed by atoms with Crippen molar-refractivity contribution in [3.05, 3.63) is 35.6 Å². The van der Waals surface area contributed by atoms with Crippen LogP contribution in [0.25, 0.3) is 22.4 Å². The molecule has 0 atom stereocenters. The van der Waals surface area contributed by atoms with Gasteiger partial charge in [-0.3, -0.25) is 4.98 Å². The lowest BCUT2D eigenvalue weighted by molar-refractivity contribution is 0.626. The predicted octanol–water partition coefficient (Wildman–Crippen LogP) is 2.39. The number of aromatic nitrogens is 4. The fourth-order valence-corrected chi connectivity index (χ4v) is 1.80. The lowest BCUT2D eigenvalue weighted by Crippen LogP contribution is -1.93. The standard InChI is InChI=1S/C11H7ClFN5/c12-9-4-17-11-10(18-9)5(2-16-11)8-1-7(14)6(13)3-15-8/h1-4H,(H2,14,15)(H,16,17). The third kappa shape index (κ3) is 1.67. The number of nitrogens with two attached hydrogens (primary N) is 1. The summed E-state index contributed by atoms with van der Waals surface area (Å²) in [6.07, 6.45) is 4.19. The molecular formula is C11H7ClFN5. The van der Waals surface area contributed by atoms with E-state index in [9.17, 15) is 4.39 Å². The Kier molecular flexibility index (Phi) is 2.38. The molecule has 0 spiro atoms. The van der Waals surface area contributed by atoms with Crippen LogP contribution in [0.15, 0.2) is 24.7 Å². The highest BCUT2D eigenvalue weighted by atomic mass is 35.5. The van der Waals surface area contributed by atoms with Crippen molar-refractivity contribution in [1.29, 1.82) is 0 Å². The van der Waals surface area contributed by atoms with Crippen molar-refractivity contribution in [2.75, 3.05) is 5.73 Å². The Morgan fingerprint density at radius 2 is 2.11 bits per heavy atom. The first-order chi connectivity index (χ1) is 8.65. The second kappa shape index (κ2) is 3.92. The number of hydrogen-bond acceptors (Lipinski definition) is 4. The maximum atomic E-state index is 13.1. The number of rotatable bonds is 1. The largest absolute Gasteiger partial charge is 0.396 e. The first-order valence-corrected chi connectivity index (χ1v) is 5.44. The molecule has 0 saturated heterocycles. The summed E-state index contributed by atoms with van der Waals surface area (Å²) in [5.41, 5.74) is 7.88. The molecular weight excluding hydrogens is 257 g/mol. The molecule has 3 aromatic rings. The number of nitrogens with zero attached hydrogens (tertiary/aromatic N) is 3. The molecule has 3 rings (SSSR count). The monoisotopic (exact) mass is 263 g/mol. The van der Waals surface area contributed by atoms with E-state index >= 15 is 0 Å². The van der Waals surface area contributed by atoms with Crippen LogP contribution in [0.1, 0.15) is 0 Å². The first kappa shape index (κ1) is 10.9. The number of anilines is 1. The Labute approximate surface area is 106 Å². The van der Waals surface area contributed by atoms with E-state index in [-0.39, 0.29) is 10.8 Å². The van der Waals surface area contributed by atoms with Gasteiger partial charge in [0.1, 0.15) is 10.7 Å². The molecule has 0 fully saturated rings. The number of fused-ring (bicyclic) bond motifs is 1. The molecule has 0 bridgehead atoms. The maximum absolute atomic E-state index is 13.1. The molecule has 0 saturated carbocycles. The van der Waals surface area contributed by atoms with Gasteiger partial charge in [-0.1, -0.05) is 11.6 Å². The van der Waals surface area contributed by atoms with Crippen LogP contribution in [-0.2, 0) is 0 Å². The summed E-state index contributed by atoms with van der Waals surface area (Å²) in [5.74, 6) is -0.553. The van der Waals surface area contributed by atoms with Gasteiger partial charge in [-0.2, -0.15) is 0 Å². The second-order valence-electron chi connectivity index (χ2n) is 3.68. The average Bonchev–Trinajstić information content (AvgIpc) is 2.75. The normalized spacial score (nSPS) is 11.0. The lowest BCUT2D eigenvalue weighted by Gasteiger charge is -2.00. The zero-order valence-corrected chi connectivity index (χ0v) is 9.74. The van der Waals surface area contributed by atoms with Crippen LogP contribution in [0, 0.1) is 5.82 Å². The molecule has 0 radical (unpaired) electrons. The fourth-order valence-electron chi connectivity index (χ4n) is 1.67. The van der Waals surface area contributed by atoms with E-state index < -0.39 is 5.82 Å². The summed E-state index contributed by atoms with van der Waals surface area (Å²) in [6.45, 7) is 0. The van der Waals surface area contributed by atoms with E-state index in [2.05, 4.69) is 19.9 Å². The van der Waals surface area contributed by atoms with Crippen molar-refractivity contribution < 1.29 is 4.39 Å². The molecule has 18 heavy (non-hydrogen) atoms. The third-order valence-electron chi connectivity index (χ3n) is 2.51. The Balaban J connectivity index is 2.24. The van der Waals surface area contributed by atoms with Crippen LogP contribution < -0.4 is 5.73 Å². The van der Waals surface area contributed by atoms with Crippen molar-refractivity contribution in [3.63, 3.8) is 0 Å². The van der Waals surface area contributed by atoms with Crippen LogP contribution in [0.4, 0.5) is 10.1 Å². The number of nitrogens with one attached hydrogen (secondary N) is 1. The van der Waals surface area contributed by atoms with Gasteiger partial charge in [0, 0.05) is 11.8 Å². The van der Waals surface area contributed by atoms with Crippen molar-refractivity contribution in [2.45, 2.75) is 0 Å². The minimum absolute atomic E-state index is 0.0318. The van der Waals surface area contributed by atoms with E-state index in [4.69, 9.17) is 17.3 Å². The van der Waals surface area contributed by atoms with Gasteiger partial charge in [0.05, 0.1) is 23.8 Å². The van der Waals surface area contributed by atoms with Crippen LogP contribution in [0.3, 0.4) is 0 Å². The Bertz CT molecular complexity index is 739. The van der Waals surface area contributed by atoms with Crippen LogP contribution in [0.2, 0.25) is 5.15 Å². The van der Waals surface area contributed by atoms with E-state index in [1.165, 1.54) is 12.3 Å². The Morgan fingerprint density at radius 1 is 1.28 bits per heavy atom. The molecule has 5 nitrogen and oxygen atoms in total. The molecule has 0 aromatic carbocycles. The quantitative estimate of drug-likeness (QED) is 0.706. The number of nitrogen functional groups attached to an aromatic ring is 1. The van der Waals surface area contributed by atoms with Gasteiger partial charge in [-0.25, -0.2) is 14.4 Å². The van der Waals surface area contributed by atoms with E-state index in [1.54, 1.807) is 6.20 Å². The summed E-state index contributed by atoms with van der Waals surface area (Å²) < 4.78 is 13.1. The zero-order chi connectivity index (χ0) is 12.7. The van der Waals surface area contributed by atoms with Gasteiger partial charge in [0.2, 0.25) is 0 Å². The number of halogens is 2. The van der Waals surface area contributed by atoms with Gasteiger partial charge < -0.3 is 10.7 Å². The highest BCUT2D eigenvalue weighted by Gasteiger charge is 2.11. The summed E-state index contributed by atoms with van der Waals surface area (Å²) >= 11 is 5.80. The molecule has 3 N–H and O–H groups in total. The highest BCUT2D eigenvalue weighted by Crippen LogP contribution is 2.27. The molecule has 0 aliphatic rings. The minimum Gasteiger partial charge on any atom is -0.396 e. The third-order valence-corrected chi connectivity index (χ3v) is 2.69. The number of pyridine rings is 1. The number of H-pyrrole nitrogens is 1. The molecule has 0 aliphatic heterocycles. The molecule has 3 aromatic heterocycles. The van der Waals surface area contributed by atoms with Gasteiger partial charge in [-0.15, -0.1) is 0 Å². The van der Waals surface area contributed by atoms with Crippen molar-refractivity contribution >= 4 is 28.5 Å². The number of aromatic amines is 1. The van der Waals surface area contributed by atoms with Crippen LogP contribution in [0.5, 0.6) is 0 Å². The van der Waals surface area contributed by atoms with E-state index in [0.717, 1.165) is 6.20 Å². The van der Waals surface area contributed by atoms with Crippen molar-refractivity contribution in [2.24, 2.45) is 0 Å². The smallest absolute Gasteiger partial charge is 0.164 e. The summed E-state index contributed by atoms with van der Waals surface area (Å²) in [6, 6.07) is 1.44. The van der Waals surface area contributed by atoms with Gasteiger partial charge in [0.25, 0.3) is 0 Å². The maximum Gasteiger partial charge on any atom is 0.164 e. The molecule has 3 heterocycles. The number of hydrogen-bond donors (Lipinski definition) is 2. The predicted molar refractivity (Wildman–Crippen MR) is 66.5 cm³/mol. The average molecular weight is 264 g/mol. The van der Waals surface area contributed by atoms with Gasteiger partial charge >= 0.3 is 0 Å². The summed E-state index contributed by atoms with van der Waals surface area (Å²) in [4.78, 5) is 15.2. The molecule has 0 aliphatic carbocycles. The SMILES string of the molecule is Nc1cc(-c2c[nH]c3ncc(Cl)nc23)ncc1F. The Hall–Kier alpha value is -2.21. The molecule has 7 heteroatoms. The summed E-state index contributed by atoms with van der Waals surface area (Å²) in [7, 11) is 0. The summed E-state index contributed by atoms with van der Waals surface area (Å²) in [5, 5.41) is 0.276. The Morgan fingerprint density at radius 3 is 2.89 bits per heavy atom. The van der Waals surface area contributed by atoms with Crippen LogP contribution >= 0.6 is 11.6 Å². The highest BCUT2D eigenvalue weighted by molar-refractivity contribution is 6.29. The van der Waals surface area contributed by atoms with E-state index in [0.29, 0.717) is 22.4 Å². The molecule has 0 amide bonds. The van der Waals surface area contributed by atoms with E-state index in [1.807, 2.05) is 0 Å². The van der Waals surface area contributed by atoms with Crippen molar-refractivity contribution in [1.82, 2.24) is 19.9 Å². The van der Waals surface area contributed by atoms with Crippen molar-refractivity contribution in [3.8, 4) is 11.3 Å². The van der Waals surface area contributed by atoms with Crippen LogP contribution in [-0.4, -0.2) is 19.9 Å². The second-order valence-corrected chi connectivity index (χ2v) is 4.07. The zero-order valence-electron chi connectivity index (χ0n) is 8.98. The first-order valence-electron chi connectivity index (χ1n) is 5.06. The topological polar surface area (TPSA) is 80.5 Å². The van der Waals surface area contributed by atoms with Gasteiger partial charge in [0.15, 0.2) is 11.5 Å². The molecule has 0 unspecified atom stereocenters.